The summed E-state index contributed by atoms with van der Waals surface area (Å²) in [6, 6.07) is 15.1. The number of nitrogens with zero attached hydrogens (tertiary/aromatic N) is 3. The molecule has 0 bridgehead atoms. The predicted molar refractivity (Wildman–Crippen MR) is 119 cm³/mol. The van der Waals surface area contributed by atoms with E-state index >= 15 is 0 Å². The minimum Gasteiger partial charge on any atom is -0.486 e. The third-order valence-corrected chi connectivity index (χ3v) is 6.09. The van der Waals surface area contributed by atoms with Gasteiger partial charge in [-0.25, -0.2) is 0 Å². The lowest BCUT2D eigenvalue weighted by Crippen LogP contribution is -2.45. The van der Waals surface area contributed by atoms with Crippen LogP contribution in [0.4, 0.5) is 5.69 Å². The first-order valence-electron chi connectivity index (χ1n) is 11.0. The van der Waals surface area contributed by atoms with E-state index in [4.69, 9.17) is 14.0 Å². The van der Waals surface area contributed by atoms with Gasteiger partial charge in [0.1, 0.15) is 13.2 Å². The molecule has 8 heteroatoms. The second kappa shape index (κ2) is 9.00. The number of ether oxygens (including phenoxy) is 2. The topological polar surface area (TPSA) is 89.7 Å². The first-order valence-corrected chi connectivity index (χ1v) is 11.0. The summed E-state index contributed by atoms with van der Waals surface area (Å²) in [5.74, 6) is 2.85. The van der Waals surface area contributed by atoms with E-state index in [1.54, 1.807) is 0 Å². The molecular weight excluding hydrogens is 408 g/mol. The van der Waals surface area contributed by atoms with Gasteiger partial charge < -0.3 is 19.3 Å². The largest absolute Gasteiger partial charge is 0.486 e. The lowest BCUT2D eigenvalue weighted by molar-refractivity contribution is -0.121. The van der Waals surface area contributed by atoms with Crippen LogP contribution in [-0.4, -0.2) is 53.3 Å². The maximum atomic E-state index is 12.8. The van der Waals surface area contributed by atoms with Crippen LogP contribution in [0.15, 0.2) is 53.1 Å². The van der Waals surface area contributed by atoms with Crippen LogP contribution in [-0.2, 0) is 4.79 Å². The quantitative estimate of drug-likeness (QED) is 0.655. The average molecular weight is 434 g/mol. The molecule has 0 aliphatic carbocycles. The highest BCUT2D eigenvalue weighted by atomic mass is 16.6. The van der Waals surface area contributed by atoms with Crippen molar-refractivity contribution in [3.63, 3.8) is 0 Å². The molecule has 166 valence electrons. The van der Waals surface area contributed by atoms with Crippen molar-refractivity contribution in [2.45, 2.75) is 31.7 Å². The van der Waals surface area contributed by atoms with Gasteiger partial charge in [-0.3, -0.25) is 9.69 Å². The van der Waals surface area contributed by atoms with E-state index in [1.807, 2.05) is 55.5 Å². The van der Waals surface area contributed by atoms with Gasteiger partial charge in [0, 0.05) is 23.2 Å². The second-order valence-corrected chi connectivity index (χ2v) is 8.16. The highest BCUT2D eigenvalue weighted by molar-refractivity contribution is 5.94. The molecule has 2 aliphatic rings. The van der Waals surface area contributed by atoms with Crippen molar-refractivity contribution in [1.82, 2.24) is 15.0 Å². The van der Waals surface area contributed by atoms with Crippen molar-refractivity contribution in [3.8, 4) is 22.9 Å². The fourth-order valence-corrected chi connectivity index (χ4v) is 4.17. The molecule has 1 amide bonds. The van der Waals surface area contributed by atoms with Gasteiger partial charge >= 0.3 is 0 Å². The normalized spacial score (nSPS) is 17.7. The third-order valence-electron chi connectivity index (χ3n) is 6.09. The van der Waals surface area contributed by atoms with E-state index in [0.29, 0.717) is 42.1 Å². The number of carbonyl (C=O) groups is 1. The van der Waals surface area contributed by atoms with Gasteiger partial charge in [0.25, 0.3) is 0 Å². The number of benzene rings is 2. The van der Waals surface area contributed by atoms with Crippen molar-refractivity contribution < 1.29 is 18.8 Å². The van der Waals surface area contributed by atoms with Crippen LogP contribution in [0.1, 0.15) is 31.6 Å². The van der Waals surface area contributed by atoms with Crippen LogP contribution in [0.2, 0.25) is 0 Å². The Kier molecular flexibility index (Phi) is 5.77. The fraction of sp³-hybridized carbons (Fsp3) is 0.375. The van der Waals surface area contributed by atoms with E-state index in [2.05, 4.69) is 20.4 Å². The Labute approximate surface area is 186 Å². The summed E-state index contributed by atoms with van der Waals surface area (Å²) < 4.78 is 16.7. The van der Waals surface area contributed by atoms with Gasteiger partial charge in [0.05, 0.1) is 6.04 Å². The first-order chi connectivity index (χ1) is 15.7. The Bertz CT molecular complexity index is 1080. The number of anilines is 1. The Morgan fingerprint density at radius 3 is 2.59 bits per heavy atom. The Morgan fingerprint density at radius 1 is 1.06 bits per heavy atom. The maximum absolute atomic E-state index is 12.8. The zero-order chi connectivity index (χ0) is 21.9. The van der Waals surface area contributed by atoms with Crippen LogP contribution < -0.4 is 14.8 Å². The van der Waals surface area contributed by atoms with E-state index in [-0.39, 0.29) is 17.9 Å². The van der Waals surface area contributed by atoms with Crippen molar-refractivity contribution in [1.29, 1.82) is 0 Å². The van der Waals surface area contributed by atoms with E-state index in [9.17, 15) is 4.79 Å². The summed E-state index contributed by atoms with van der Waals surface area (Å²) in [5.41, 5.74) is 1.66. The van der Waals surface area contributed by atoms with E-state index in [1.165, 1.54) is 0 Å². The molecule has 1 unspecified atom stereocenters. The number of hydrogen-bond donors (Lipinski definition) is 1. The monoisotopic (exact) mass is 434 g/mol. The molecule has 32 heavy (non-hydrogen) atoms. The second-order valence-electron chi connectivity index (χ2n) is 8.16. The molecule has 8 nitrogen and oxygen atoms in total. The highest BCUT2D eigenvalue weighted by Crippen LogP contribution is 2.33. The van der Waals surface area contributed by atoms with Gasteiger partial charge in [-0.05, 0) is 45.0 Å². The summed E-state index contributed by atoms with van der Waals surface area (Å²) in [6.07, 6.45) is 1.75. The number of likely N-dealkylation sites (tertiary alicyclic amines) is 1. The molecule has 2 aliphatic heterocycles. The molecule has 3 heterocycles. The Morgan fingerprint density at radius 2 is 1.81 bits per heavy atom. The molecule has 0 radical (unpaired) electrons. The molecule has 1 aromatic heterocycles. The molecule has 1 N–H and O–H groups in total. The van der Waals surface area contributed by atoms with Gasteiger partial charge in [-0.15, -0.1) is 0 Å². The minimum absolute atomic E-state index is 0.0377. The van der Waals surface area contributed by atoms with Gasteiger partial charge in [0.2, 0.25) is 17.6 Å². The van der Waals surface area contributed by atoms with Gasteiger partial charge in [-0.2, -0.15) is 4.98 Å². The van der Waals surface area contributed by atoms with E-state index < -0.39 is 0 Å². The minimum atomic E-state index is -0.244. The molecule has 3 aromatic rings. The van der Waals surface area contributed by atoms with Gasteiger partial charge in [0.15, 0.2) is 11.5 Å². The molecular formula is C24H26N4O4. The smallest absolute Gasteiger partial charge is 0.241 e. The summed E-state index contributed by atoms with van der Waals surface area (Å²) >= 11 is 0. The Balaban J connectivity index is 1.16. The third kappa shape index (κ3) is 4.31. The number of fused-ring (bicyclic) bond motifs is 1. The molecule has 0 spiro atoms. The number of piperidine rings is 1. The summed E-state index contributed by atoms with van der Waals surface area (Å²) in [6.45, 7) is 4.59. The lowest BCUT2D eigenvalue weighted by Gasteiger charge is -2.34. The van der Waals surface area contributed by atoms with Crippen molar-refractivity contribution in [2.75, 3.05) is 31.6 Å². The molecule has 5 rings (SSSR count). The van der Waals surface area contributed by atoms with Crippen LogP contribution in [0.3, 0.4) is 0 Å². The average Bonchev–Trinajstić information content (AvgIpc) is 3.34. The number of nitrogens with one attached hydrogen (secondary N) is 1. The van der Waals surface area contributed by atoms with Crippen LogP contribution in [0.25, 0.3) is 11.4 Å². The molecule has 1 saturated heterocycles. The summed E-state index contributed by atoms with van der Waals surface area (Å²) in [7, 11) is 0. The predicted octanol–water partition coefficient (Wildman–Crippen LogP) is 3.71. The zero-order valence-corrected chi connectivity index (χ0v) is 18.0. The SMILES string of the molecule is CC(C(=O)Nc1ccc2c(c1)OCCO2)N1CCC(c2nc(-c3ccccc3)no2)CC1. The van der Waals surface area contributed by atoms with Gasteiger partial charge in [-0.1, -0.05) is 35.5 Å². The highest BCUT2D eigenvalue weighted by Gasteiger charge is 2.30. The maximum Gasteiger partial charge on any atom is 0.241 e. The number of aromatic nitrogens is 2. The molecule has 2 aromatic carbocycles. The van der Waals surface area contributed by atoms with Crippen LogP contribution in [0.5, 0.6) is 11.5 Å². The van der Waals surface area contributed by atoms with Crippen LogP contribution >= 0.6 is 0 Å². The number of hydrogen-bond acceptors (Lipinski definition) is 7. The zero-order valence-electron chi connectivity index (χ0n) is 18.0. The van der Waals surface area contributed by atoms with Crippen molar-refractivity contribution in [3.05, 3.63) is 54.4 Å². The van der Waals surface area contributed by atoms with E-state index in [0.717, 1.165) is 31.5 Å². The lowest BCUT2D eigenvalue weighted by atomic mass is 9.95. The molecule has 0 saturated carbocycles. The molecule has 1 atom stereocenters. The summed E-state index contributed by atoms with van der Waals surface area (Å²) in [5, 5.41) is 7.13. The van der Waals surface area contributed by atoms with Crippen molar-refractivity contribution >= 4 is 11.6 Å². The fourth-order valence-electron chi connectivity index (χ4n) is 4.17. The first kappa shape index (κ1) is 20.5. The number of amides is 1. The molecule has 1 fully saturated rings. The van der Waals surface area contributed by atoms with Crippen LogP contribution in [0, 0.1) is 0 Å². The van der Waals surface area contributed by atoms with Crippen molar-refractivity contribution in [2.24, 2.45) is 0 Å². The number of carbonyl (C=O) groups excluding carboxylic acids is 1. The standard InChI is InChI=1S/C24H26N4O4/c1-16(23(29)25-19-7-8-20-21(15-19)31-14-13-30-20)28-11-9-18(10-12-28)24-26-22(27-32-24)17-5-3-2-4-6-17/h2-8,15-16,18H,9-14H2,1H3,(H,25,29). The summed E-state index contributed by atoms with van der Waals surface area (Å²) in [4.78, 5) is 19.6. The number of rotatable bonds is 5. The Hall–Kier alpha value is -3.39.